The first-order chi connectivity index (χ1) is 11.1. The van der Waals surface area contributed by atoms with Gasteiger partial charge in [0.25, 0.3) is 0 Å². The number of carbonyl (C=O) groups excluding carboxylic acids is 1. The number of anilines is 1. The van der Waals surface area contributed by atoms with Crippen molar-refractivity contribution >= 4 is 34.5 Å². The molecule has 3 aromatic rings. The Bertz CT molecular complexity index is 848. The van der Waals surface area contributed by atoms with Crippen molar-refractivity contribution in [3.63, 3.8) is 0 Å². The Morgan fingerprint density at radius 3 is 2.70 bits per heavy atom. The van der Waals surface area contributed by atoms with E-state index in [9.17, 15) is 4.79 Å². The third-order valence-electron chi connectivity index (χ3n) is 3.37. The Labute approximate surface area is 137 Å². The van der Waals surface area contributed by atoms with Gasteiger partial charge in [-0.2, -0.15) is 5.10 Å². The smallest absolute Gasteiger partial charge is 0.231 e. The second kappa shape index (κ2) is 6.25. The van der Waals surface area contributed by atoms with Crippen molar-refractivity contribution in [3.05, 3.63) is 36.5 Å². The number of fused-ring (bicyclic) bond motifs is 1. The molecular formula is C15H16N6OS. The quantitative estimate of drug-likeness (QED) is 0.545. The van der Waals surface area contributed by atoms with Crippen LogP contribution in [0.25, 0.3) is 16.7 Å². The number of rotatable bonds is 5. The first-order valence-electron chi connectivity index (χ1n) is 7.12. The Morgan fingerprint density at radius 2 is 2.04 bits per heavy atom. The first-order valence-corrected chi connectivity index (χ1v) is 8.00. The monoisotopic (exact) mass is 328 g/mol. The number of hydrogen-bond acceptors (Lipinski definition) is 6. The highest BCUT2D eigenvalue weighted by Crippen LogP contribution is 2.27. The molecular weight excluding hydrogens is 312 g/mol. The minimum atomic E-state index is -0.392. The summed E-state index contributed by atoms with van der Waals surface area (Å²) in [5.74, 6) is -0.0599. The molecule has 0 fully saturated rings. The SMILES string of the molecule is CCC(Sc1nc(N)c2cnn(-c3ccccc3)c2n1)C(N)=O. The molecule has 0 aliphatic heterocycles. The molecule has 1 atom stereocenters. The number of benzene rings is 1. The van der Waals surface area contributed by atoms with E-state index in [-0.39, 0.29) is 5.25 Å². The molecule has 0 saturated heterocycles. The van der Waals surface area contributed by atoms with E-state index in [0.29, 0.717) is 28.4 Å². The van der Waals surface area contributed by atoms with E-state index in [0.717, 1.165) is 5.69 Å². The lowest BCUT2D eigenvalue weighted by atomic mass is 10.3. The van der Waals surface area contributed by atoms with Crippen LogP contribution in [-0.2, 0) is 4.79 Å². The van der Waals surface area contributed by atoms with Crippen molar-refractivity contribution < 1.29 is 4.79 Å². The highest BCUT2D eigenvalue weighted by molar-refractivity contribution is 8.00. The second-order valence-corrected chi connectivity index (χ2v) is 6.11. The summed E-state index contributed by atoms with van der Waals surface area (Å²) < 4.78 is 1.70. The fourth-order valence-corrected chi connectivity index (χ4v) is 3.02. The van der Waals surface area contributed by atoms with Gasteiger partial charge in [-0.15, -0.1) is 0 Å². The van der Waals surface area contributed by atoms with Gasteiger partial charge in [-0.05, 0) is 18.6 Å². The van der Waals surface area contributed by atoms with Gasteiger partial charge in [-0.3, -0.25) is 4.79 Å². The van der Waals surface area contributed by atoms with Crippen LogP contribution in [0.1, 0.15) is 13.3 Å². The lowest BCUT2D eigenvalue weighted by Gasteiger charge is -2.10. The lowest BCUT2D eigenvalue weighted by Crippen LogP contribution is -2.25. The number of para-hydroxylation sites is 1. The summed E-state index contributed by atoms with van der Waals surface area (Å²) in [6.45, 7) is 1.89. The van der Waals surface area contributed by atoms with Gasteiger partial charge in [0.1, 0.15) is 5.82 Å². The number of aromatic nitrogens is 4. The minimum absolute atomic E-state index is 0.332. The summed E-state index contributed by atoms with van der Waals surface area (Å²) >= 11 is 1.22. The van der Waals surface area contributed by atoms with E-state index in [1.165, 1.54) is 11.8 Å². The van der Waals surface area contributed by atoms with Gasteiger partial charge in [-0.1, -0.05) is 36.9 Å². The first kappa shape index (κ1) is 15.3. The number of amides is 1. The summed E-state index contributed by atoms with van der Waals surface area (Å²) in [6, 6.07) is 9.62. The molecule has 1 amide bonds. The van der Waals surface area contributed by atoms with Crippen molar-refractivity contribution in [2.45, 2.75) is 23.8 Å². The summed E-state index contributed by atoms with van der Waals surface area (Å²) in [4.78, 5) is 20.2. The Morgan fingerprint density at radius 1 is 1.30 bits per heavy atom. The predicted molar refractivity (Wildman–Crippen MR) is 90.2 cm³/mol. The van der Waals surface area contributed by atoms with Crippen LogP contribution in [0.15, 0.2) is 41.7 Å². The summed E-state index contributed by atoms with van der Waals surface area (Å²) in [7, 11) is 0. The van der Waals surface area contributed by atoms with Crippen LogP contribution in [-0.4, -0.2) is 30.9 Å². The summed E-state index contributed by atoms with van der Waals surface area (Å²) in [5, 5.41) is 5.03. The van der Waals surface area contributed by atoms with Crippen molar-refractivity contribution in [3.8, 4) is 5.69 Å². The maximum atomic E-state index is 11.4. The number of hydrogen-bond donors (Lipinski definition) is 2. The van der Waals surface area contributed by atoms with Crippen LogP contribution >= 0.6 is 11.8 Å². The average Bonchev–Trinajstić information content (AvgIpc) is 2.97. The van der Waals surface area contributed by atoms with Gasteiger partial charge < -0.3 is 11.5 Å². The molecule has 1 unspecified atom stereocenters. The van der Waals surface area contributed by atoms with Crippen LogP contribution in [0.3, 0.4) is 0 Å². The number of nitrogen functional groups attached to an aromatic ring is 1. The zero-order valence-electron chi connectivity index (χ0n) is 12.5. The molecule has 118 valence electrons. The van der Waals surface area contributed by atoms with E-state index in [4.69, 9.17) is 11.5 Å². The maximum absolute atomic E-state index is 11.4. The van der Waals surface area contributed by atoms with Gasteiger partial charge in [-0.25, -0.2) is 14.6 Å². The Balaban J connectivity index is 2.07. The molecule has 0 aliphatic rings. The van der Waals surface area contributed by atoms with E-state index in [1.54, 1.807) is 10.9 Å². The molecule has 8 heteroatoms. The second-order valence-electron chi connectivity index (χ2n) is 4.94. The third-order valence-corrected chi connectivity index (χ3v) is 4.62. The molecule has 0 aliphatic carbocycles. The molecule has 0 radical (unpaired) electrons. The molecule has 2 aromatic heterocycles. The number of nitrogens with zero attached hydrogens (tertiary/aromatic N) is 4. The number of carbonyl (C=O) groups is 1. The van der Waals surface area contributed by atoms with Crippen molar-refractivity contribution in [2.75, 3.05) is 5.73 Å². The van der Waals surface area contributed by atoms with Crippen LogP contribution in [0.2, 0.25) is 0 Å². The van der Waals surface area contributed by atoms with Gasteiger partial charge in [0.05, 0.1) is 22.5 Å². The molecule has 23 heavy (non-hydrogen) atoms. The zero-order chi connectivity index (χ0) is 16.4. The molecule has 3 rings (SSSR count). The van der Waals surface area contributed by atoms with E-state index >= 15 is 0 Å². The minimum Gasteiger partial charge on any atom is -0.383 e. The summed E-state index contributed by atoms with van der Waals surface area (Å²) in [6.07, 6.45) is 2.23. The van der Waals surface area contributed by atoms with E-state index in [2.05, 4.69) is 15.1 Å². The average molecular weight is 328 g/mol. The standard InChI is InChI=1S/C15H16N6OS/c1-2-11(13(17)22)23-15-19-12(16)10-8-18-21(14(10)20-15)9-6-4-3-5-7-9/h3-8,11H,2H2,1H3,(H2,17,22)(H2,16,19,20). The fourth-order valence-electron chi connectivity index (χ4n) is 2.19. The van der Waals surface area contributed by atoms with Crippen LogP contribution in [0.4, 0.5) is 5.82 Å². The normalized spacial score (nSPS) is 12.4. The Hall–Kier alpha value is -2.61. The van der Waals surface area contributed by atoms with Gasteiger partial charge in [0.15, 0.2) is 10.8 Å². The van der Waals surface area contributed by atoms with Gasteiger partial charge in [0.2, 0.25) is 5.91 Å². The zero-order valence-corrected chi connectivity index (χ0v) is 13.3. The van der Waals surface area contributed by atoms with Gasteiger partial charge in [0, 0.05) is 0 Å². The molecule has 2 heterocycles. The molecule has 0 saturated carbocycles. The Kier molecular flexibility index (Phi) is 4.16. The van der Waals surface area contributed by atoms with Crippen LogP contribution in [0, 0.1) is 0 Å². The van der Waals surface area contributed by atoms with Crippen molar-refractivity contribution in [1.29, 1.82) is 0 Å². The van der Waals surface area contributed by atoms with Crippen molar-refractivity contribution in [1.82, 2.24) is 19.7 Å². The molecule has 0 bridgehead atoms. The highest BCUT2D eigenvalue weighted by Gasteiger charge is 2.19. The topological polar surface area (TPSA) is 113 Å². The van der Waals surface area contributed by atoms with Crippen molar-refractivity contribution in [2.24, 2.45) is 5.73 Å². The largest absolute Gasteiger partial charge is 0.383 e. The molecule has 7 nitrogen and oxygen atoms in total. The number of thioether (sulfide) groups is 1. The summed E-state index contributed by atoms with van der Waals surface area (Å²) in [5.41, 5.74) is 12.9. The highest BCUT2D eigenvalue weighted by atomic mass is 32.2. The lowest BCUT2D eigenvalue weighted by molar-refractivity contribution is -0.117. The number of primary amides is 1. The fraction of sp³-hybridized carbons (Fsp3) is 0.200. The number of nitrogens with two attached hydrogens (primary N) is 2. The molecule has 0 spiro atoms. The maximum Gasteiger partial charge on any atom is 0.231 e. The molecule has 4 N–H and O–H groups in total. The molecule has 1 aromatic carbocycles. The van der Waals surface area contributed by atoms with E-state index < -0.39 is 5.91 Å². The van der Waals surface area contributed by atoms with Crippen LogP contribution in [0.5, 0.6) is 0 Å². The van der Waals surface area contributed by atoms with Gasteiger partial charge >= 0.3 is 0 Å². The predicted octanol–water partition coefficient (Wildman–Crippen LogP) is 1.75. The third kappa shape index (κ3) is 2.98. The van der Waals surface area contributed by atoms with Crippen LogP contribution < -0.4 is 11.5 Å². The van der Waals surface area contributed by atoms with E-state index in [1.807, 2.05) is 37.3 Å².